The summed E-state index contributed by atoms with van der Waals surface area (Å²) in [6.07, 6.45) is -0.729. The van der Waals surface area contributed by atoms with Crippen LogP contribution in [0.15, 0.2) is 24.3 Å². The van der Waals surface area contributed by atoms with Gasteiger partial charge >= 0.3 is 11.9 Å². The molecule has 28 heavy (non-hydrogen) atoms. The standard InChI is InChI=1S/C21H31NO6/c1-13(2)11-17(23)18(24)22-16(20(26)27-6)12-14-7-9-15(10-8-14)19(25)28-21(3,4)5/h7-10,13,16-17,23H,11-12H2,1-6H3,(H,22,24)/t16-,17+/m0/s1. The highest BCUT2D eigenvalue weighted by Crippen LogP contribution is 2.14. The van der Waals surface area contributed by atoms with Gasteiger partial charge in [-0.05, 0) is 50.8 Å². The molecule has 0 fully saturated rings. The Labute approximate surface area is 166 Å². The summed E-state index contributed by atoms with van der Waals surface area (Å²) in [7, 11) is 1.23. The van der Waals surface area contributed by atoms with E-state index in [1.807, 2.05) is 13.8 Å². The van der Waals surface area contributed by atoms with Crippen molar-refractivity contribution in [2.45, 2.75) is 65.2 Å². The lowest BCUT2D eigenvalue weighted by molar-refractivity contribution is -0.146. The van der Waals surface area contributed by atoms with Gasteiger partial charge in [0.2, 0.25) is 5.91 Å². The normalized spacial score (nSPS) is 13.6. The molecule has 0 bridgehead atoms. The summed E-state index contributed by atoms with van der Waals surface area (Å²) < 4.78 is 10.1. The van der Waals surface area contributed by atoms with Crippen LogP contribution in [0.3, 0.4) is 0 Å². The van der Waals surface area contributed by atoms with Crippen LogP contribution in [0.4, 0.5) is 0 Å². The first-order valence-corrected chi connectivity index (χ1v) is 9.31. The third-order valence-corrected chi connectivity index (χ3v) is 3.83. The van der Waals surface area contributed by atoms with Crippen LogP contribution in [-0.2, 0) is 25.5 Å². The lowest BCUT2D eigenvalue weighted by atomic mass is 10.0. The number of carbonyl (C=O) groups excluding carboxylic acids is 3. The number of nitrogens with one attached hydrogen (secondary N) is 1. The van der Waals surface area contributed by atoms with E-state index in [1.54, 1.807) is 45.0 Å². The summed E-state index contributed by atoms with van der Waals surface area (Å²) in [5, 5.41) is 12.5. The van der Waals surface area contributed by atoms with Crippen LogP contribution >= 0.6 is 0 Å². The van der Waals surface area contributed by atoms with E-state index in [0.717, 1.165) is 5.56 Å². The summed E-state index contributed by atoms with van der Waals surface area (Å²) in [5.41, 5.74) is 0.526. The number of rotatable bonds is 8. The molecule has 156 valence electrons. The van der Waals surface area contributed by atoms with Gasteiger partial charge in [-0.15, -0.1) is 0 Å². The first-order chi connectivity index (χ1) is 12.9. The molecule has 0 spiro atoms. The van der Waals surface area contributed by atoms with Crippen molar-refractivity contribution < 1.29 is 29.0 Å². The van der Waals surface area contributed by atoms with Crippen molar-refractivity contribution in [1.29, 1.82) is 0 Å². The van der Waals surface area contributed by atoms with E-state index in [0.29, 0.717) is 12.0 Å². The Hall–Kier alpha value is -2.41. The maximum absolute atomic E-state index is 12.1. The molecule has 1 amide bonds. The second-order valence-electron chi connectivity index (χ2n) is 8.13. The molecule has 0 aromatic heterocycles. The highest BCUT2D eigenvalue weighted by atomic mass is 16.6. The molecule has 7 heteroatoms. The molecule has 1 rings (SSSR count). The van der Waals surface area contributed by atoms with Crippen molar-refractivity contribution in [3.63, 3.8) is 0 Å². The van der Waals surface area contributed by atoms with Crippen molar-refractivity contribution in [2.75, 3.05) is 7.11 Å². The van der Waals surface area contributed by atoms with Gasteiger partial charge in [-0.1, -0.05) is 26.0 Å². The van der Waals surface area contributed by atoms with Crippen LogP contribution in [0, 0.1) is 5.92 Å². The van der Waals surface area contributed by atoms with Crippen LogP contribution in [0.1, 0.15) is 57.0 Å². The average Bonchev–Trinajstić information content (AvgIpc) is 2.58. The quantitative estimate of drug-likeness (QED) is 0.657. The lowest BCUT2D eigenvalue weighted by Crippen LogP contribution is -2.47. The van der Waals surface area contributed by atoms with Crippen LogP contribution in [0.2, 0.25) is 0 Å². The van der Waals surface area contributed by atoms with E-state index >= 15 is 0 Å². The van der Waals surface area contributed by atoms with Gasteiger partial charge in [0.15, 0.2) is 0 Å². The summed E-state index contributed by atoms with van der Waals surface area (Å²) >= 11 is 0. The Morgan fingerprint density at radius 1 is 1.11 bits per heavy atom. The highest BCUT2D eigenvalue weighted by Gasteiger charge is 2.26. The van der Waals surface area contributed by atoms with Gasteiger partial charge in [0.05, 0.1) is 12.7 Å². The number of amides is 1. The molecule has 0 heterocycles. The van der Waals surface area contributed by atoms with Crippen molar-refractivity contribution in [3.05, 3.63) is 35.4 Å². The van der Waals surface area contributed by atoms with E-state index in [9.17, 15) is 19.5 Å². The molecule has 1 aromatic carbocycles. The lowest BCUT2D eigenvalue weighted by Gasteiger charge is -2.20. The van der Waals surface area contributed by atoms with E-state index in [1.165, 1.54) is 7.11 Å². The molecular weight excluding hydrogens is 362 g/mol. The Morgan fingerprint density at radius 3 is 2.14 bits per heavy atom. The molecule has 1 aromatic rings. The van der Waals surface area contributed by atoms with Crippen LogP contribution in [0.25, 0.3) is 0 Å². The Balaban J connectivity index is 2.83. The smallest absolute Gasteiger partial charge is 0.338 e. The van der Waals surface area contributed by atoms with Gasteiger partial charge in [0.1, 0.15) is 17.7 Å². The average molecular weight is 393 g/mol. The number of ether oxygens (including phenoxy) is 2. The van der Waals surface area contributed by atoms with E-state index in [2.05, 4.69) is 5.32 Å². The number of aliphatic hydroxyl groups excluding tert-OH is 1. The Kier molecular flexibility index (Phi) is 8.63. The first kappa shape index (κ1) is 23.6. The Morgan fingerprint density at radius 2 is 1.68 bits per heavy atom. The maximum Gasteiger partial charge on any atom is 0.338 e. The van der Waals surface area contributed by atoms with Crippen molar-refractivity contribution in [2.24, 2.45) is 5.92 Å². The van der Waals surface area contributed by atoms with Crippen LogP contribution in [0.5, 0.6) is 0 Å². The van der Waals surface area contributed by atoms with Gasteiger partial charge in [0, 0.05) is 6.42 Å². The zero-order valence-electron chi connectivity index (χ0n) is 17.4. The maximum atomic E-state index is 12.1. The van der Waals surface area contributed by atoms with E-state index in [4.69, 9.17) is 9.47 Å². The molecule has 2 N–H and O–H groups in total. The summed E-state index contributed by atoms with van der Waals surface area (Å²) in [6, 6.07) is 5.64. The summed E-state index contributed by atoms with van der Waals surface area (Å²) in [5.74, 6) is -1.53. The van der Waals surface area contributed by atoms with Gasteiger partial charge in [-0.25, -0.2) is 9.59 Å². The molecule has 0 unspecified atom stereocenters. The summed E-state index contributed by atoms with van der Waals surface area (Å²) in [4.78, 5) is 36.3. The molecule has 0 aliphatic carbocycles. The van der Waals surface area contributed by atoms with Gasteiger partial charge in [0.25, 0.3) is 0 Å². The number of carbonyl (C=O) groups is 3. The fourth-order valence-corrected chi connectivity index (χ4v) is 2.51. The highest BCUT2D eigenvalue weighted by molar-refractivity contribution is 5.90. The van der Waals surface area contributed by atoms with E-state index < -0.39 is 35.6 Å². The second kappa shape index (κ2) is 10.2. The summed E-state index contributed by atoms with van der Waals surface area (Å²) in [6.45, 7) is 9.14. The minimum atomic E-state index is -1.19. The molecule has 0 saturated carbocycles. The molecule has 0 radical (unpaired) electrons. The van der Waals surface area contributed by atoms with Crippen molar-refractivity contribution in [1.82, 2.24) is 5.32 Å². The predicted octanol–water partition coefficient (Wildman–Crippen LogP) is 2.25. The number of aliphatic hydroxyl groups is 1. The first-order valence-electron chi connectivity index (χ1n) is 9.31. The predicted molar refractivity (Wildman–Crippen MR) is 105 cm³/mol. The largest absolute Gasteiger partial charge is 0.467 e. The third-order valence-electron chi connectivity index (χ3n) is 3.83. The fraction of sp³-hybridized carbons (Fsp3) is 0.571. The topological polar surface area (TPSA) is 102 Å². The van der Waals surface area contributed by atoms with Crippen LogP contribution < -0.4 is 5.32 Å². The zero-order valence-corrected chi connectivity index (χ0v) is 17.4. The molecule has 0 saturated heterocycles. The molecule has 2 atom stereocenters. The monoisotopic (exact) mass is 393 g/mol. The van der Waals surface area contributed by atoms with Gasteiger partial charge in [-0.2, -0.15) is 0 Å². The number of hydrogen-bond donors (Lipinski definition) is 2. The third kappa shape index (κ3) is 8.08. The fourth-order valence-electron chi connectivity index (χ4n) is 2.51. The number of esters is 2. The van der Waals surface area contributed by atoms with Crippen LogP contribution in [-0.4, -0.2) is 47.8 Å². The molecule has 7 nitrogen and oxygen atoms in total. The number of hydrogen-bond acceptors (Lipinski definition) is 6. The Bertz CT molecular complexity index is 675. The SMILES string of the molecule is COC(=O)[C@H](Cc1ccc(C(=O)OC(C)(C)C)cc1)NC(=O)[C@H](O)CC(C)C. The molecule has 0 aliphatic heterocycles. The van der Waals surface area contributed by atoms with E-state index in [-0.39, 0.29) is 12.3 Å². The minimum Gasteiger partial charge on any atom is -0.467 e. The second-order valence-corrected chi connectivity index (χ2v) is 8.13. The van der Waals surface area contributed by atoms with Crippen molar-refractivity contribution >= 4 is 17.8 Å². The molecule has 0 aliphatic rings. The molecular formula is C21H31NO6. The van der Waals surface area contributed by atoms with Gasteiger partial charge in [-0.3, -0.25) is 4.79 Å². The number of benzene rings is 1. The van der Waals surface area contributed by atoms with Gasteiger partial charge < -0.3 is 19.9 Å². The number of methoxy groups -OCH3 is 1. The minimum absolute atomic E-state index is 0.137. The zero-order chi connectivity index (χ0) is 21.5. The van der Waals surface area contributed by atoms with Crippen molar-refractivity contribution in [3.8, 4) is 0 Å².